The summed E-state index contributed by atoms with van der Waals surface area (Å²) >= 11 is 0. The molecule has 2 aromatic rings. The minimum atomic E-state index is -0.741. The second-order valence-corrected chi connectivity index (χ2v) is 4.82. The van der Waals surface area contributed by atoms with E-state index in [4.69, 9.17) is 0 Å². The van der Waals surface area contributed by atoms with Gasteiger partial charge in [-0.25, -0.2) is 0 Å². The van der Waals surface area contributed by atoms with Crippen LogP contribution in [0.5, 0.6) is 0 Å². The van der Waals surface area contributed by atoms with Crippen molar-refractivity contribution >= 4 is 17.4 Å². The third kappa shape index (κ3) is 1.71. The zero-order chi connectivity index (χ0) is 13.5. The number of nitrogens with zero attached hydrogens (tertiary/aromatic N) is 6. The summed E-state index contributed by atoms with van der Waals surface area (Å²) in [6.07, 6.45) is 4.47. The zero-order valence-electron chi connectivity index (χ0n) is 10.5. The normalized spacial score (nSPS) is 23.1. The van der Waals surface area contributed by atoms with Gasteiger partial charge in [0.05, 0.1) is 17.8 Å². The summed E-state index contributed by atoms with van der Waals surface area (Å²) in [7, 11) is 0. The monoisotopic (exact) mass is 262 g/mol. The summed E-state index contributed by atoms with van der Waals surface area (Å²) < 4.78 is 1.58. The maximum atomic E-state index is 11.5. The minimum absolute atomic E-state index is 0.458. The molecule has 1 saturated heterocycles. The van der Waals surface area contributed by atoms with E-state index < -0.39 is 11.4 Å². The summed E-state index contributed by atoms with van der Waals surface area (Å²) in [4.78, 5) is 17.5. The van der Waals surface area contributed by atoms with Crippen molar-refractivity contribution in [2.75, 3.05) is 18.0 Å². The van der Waals surface area contributed by atoms with Gasteiger partial charge in [0.15, 0.2) is 11.5 Å². The van der Waals surface area contributed by atoms with E-state index in [-0.39, 0.29) is 0 Å². The molecule has 1 aliphatic heterocycles. The lowest BCUT2D eigenvalue weighted by molar-refractivity contribution is -0.147. The predicted molar refractivity (Wildman–Crippen MR) is 65.8 cm³/mol. The number of rotatable bonds is 3. The van der Waals surface area contributed by atoms with E-state index in [0.717, 1.165) is 5.82 Å². The van der Waals surface area contributed by atoms with Crippen molar-refractivity contribution in [2.24, 2.45) is 5.41 Å². The highest BCUT2D eigenvalue weighted by Gasteiger charge is 2.44. The molecule has 0 amide bonds. The Morgan fingerprint density at radius 2 is 2.37 bits per heavy atom. The first kappa shape index (κ1) is 11.8. The standard InChI is InChI=1S/C11H14N6O2/c1-2-11(10(18)19)3-4-16(7-11)9-6-12-5-8-13-14-15-17(8)9/h5-6H,2-4,7H2,1H3,(H,18,19). The van der Waals surface area contributed by atoms with E-state index in [0.29, 0.717) is 31.6 Å². The van der Waals surface area contributed by atoms with Crippen LogP contribution < -0.4 is 4.90 Å². The van der Waals surface area contributed by atoms with Crippen LogP contribution in [0.1, 0.15) is 19.8 Å². The van der Waals surface area contributed by atoms with Gasteiger partial charge in [-0.3, -0.25) is 9.78 Å². The van der Waals surface area contributed by atoms with Crippen LogP contribution in [-0.4, -0.2) is 49.2 Å². The molecule has 8 heteroatoms. The Bertz CT molecular complexity index is 626. The van der Waals surface area contributed by atoms with Crippen molar-refractivity contribution < 1.29 is 9.90 Å². The maximum absolute atomic E-state index is 11.5. The van der Waals surface area contributed by atoms with E-state index >= 15 is 0 Å². The van der Waals surface area contributed by atoms with E-state index in [1.54, 1.807) is 16.9 Å². The third-order valence-electron chi connectivity index (χ3n) is 3.90. The van der Waals surface area contributed by atoms with Gasteiger partial charge in [0.1, 0.15) is 0 Å². The summed E-state index contributed by atoms with van der Waals surface area (Å²) in [6.45, 7) is 3.04. The average Bonchev–Trinajstić information content (AvgIpc) is 3.05. The number of carbonyl (C=O) groups is 1. The first-order valence-corrected chi connectivity index (χ1v) is 6.17. The largest absolute Gasteiger partial charge is 0.481 e. The molecule has 1 N–H and O–H groups in total. The lowest BCUT2D eigenvalue weighted by Crippen LogP contribution is -2.34. The lowest BCUT2D eigenvalue weighted by atomic mass is 9.84. The molecule has 2 aromatic heterocycles. The van der Waals surface area contributed by atoms with Crippen LogP contribution in [-0.2, 0) is 4.79 Å². The second-order valence-electron chi connectivity index (χ2n) is 4.82. The zero-order valence-corrected chi connectivity index (χ0v) is 10.5. The molecule has 3 heterocycles. The van der Waals surface area contributed by atoms with Crippen LogP contribution in [0.2, 0.25) is 0 Å². The Balaban J connectivity index is 1.97. The van der Waals surface area contributed by atoms with Crippen LogP contribution in [0, 0.1) is 5.41 Å². The van der Waals surface area contributed by atoms with Crippen molar-refractivity contribution in [1.29, 1.82) is 0 Å². The number of aromatic nitrogens is 5. The Morgan fingerprint density at radius 1 is 1.53 bits per heavy atom. The van der Waals surface area contributed by atoms with E-state index in [2.05, 4.69) is 20.5 Å². The summed E-state index contributed by atoms with van der Waals surface area (Å²) in [5.74, 6) is -0.00609. The van der Waals surface area contributed by atoms with Crippen LogP contribution in [0.15, 0.2) is 12.4 Å². The molecule has 19 heavy (non-hydrogen) atoms. The number of carboxylic acid groups (broad SMARTS) is 1. The van der Waals surface area contributed by atoms with Crippen molar-refractivity contribution in [3.63, 3.8) is 0 Å². The molecule has 1 fully saturated rings. The van der Waals surface area contributed by atoms with Gasteiger partial charge in [-0.05, 0) is 23.3 Å². The first-order valence-electron chi connectivity index (χ1n) is 6.17. The fraction of sp³-hybridized carbons (Fsp3) is 0.545. The predicted octanol–water partition coefficient (Wildman–Crippen LogP) is 0.210. The fourth-order valence-electron chi connectivity index (χ4n) is 2.56. The van der Waals surface area contributed by atoms with Crippen molar-refractivity contribution in [1.82, 2.24) is 25.0 Å². The number of aliphatic carboxylic acids is 1. The van der Waals surface area contributed by atoms with Crippen molar-refractivity contribution in [3.05, 3.63) is 12.4 Å². The average molecular weight is 262 g/mol. The highest BCUT2D eigenvalue weighted by Crippen LogP contribution is 2.36. The molecular formula is C11H14N6O2. The Hall–Kier alpha value is -2.25. The Morgan fingerprint density at radius 3 is 3.05 bits per heavy atom. The Kier molecular flexibility index (Phi) is 2.58. The second kappa shape index (κ2) is 4.15. The van der Waals surface area contributed by atoms with E-state index in [1.807, 2.05) is 11.8 Å². The van der Waals surface area contributed by atoms with Gasteiger partial charge in [0, 0.05) is 13.1 Å². The van der Waals surface area contributed by atoms with Crippen LogP contribution in [0.4, 0.5) is 5.82 Å². The molecule has 0 radical (unpaired) electrons. The molecule has 100 valence electrons. The molecule has 0 spiro atoms. The molecular weight excluding hydrogens is 248 g/mol. The maximum Gasteiger partial charge on any atom is 0.311 e. The fourth-order valence-corrected chi connectivity index (χ4v) is 2.56. The highest BCUT2D eigenvalue weighted by molar-refractivity contribution is 5.76. The summed E-state index contributed by atoms with van der Waals surface area (Å²) in [5.41, 5.74) is -0.127. The van der Waals surface area contributed by atoms with Gasteiger partial charge < -0.3 is 10.0 Å². The van der Waals surface area contributed by atoms with Gasteiger partial charge in [-0.1, -0.05) is 6.92 Å². The van der Waals surface area contributed by atoms with Gasteiger partial charge in [0.2, 0.25) is 0 Å². The van der Waals surface area contributed by atoms with Crippen molar-refractivity contribution in [3.8, 4) is 0 Å². The molecule has 8 nitrogen and oxygen atoms in total. The van der Waals surface area contributed by atoms with Crippen LogP contribution in [0.25, 0.3) is 5.65 Å². The third-order valence-corrected chi connectivity index (χ3v) is 3.90. The quantitative estimate of drug-likeness (QED) is 0.844. The summed E-state index contributed by atoms with van der Waals surface area (Å²) in [5, 5.41) is 20.8. The smallest absolute Gasteiger partial charge is 0.311 e. The molecule has 1 unspecified atom stereocenters. The highest BCUT2D eigenvalue weighted by atomic mass is 16.4. The van der Waals surface area contributed by atoms with E-state index in [1.165, 1.54) is 0 Å². The lowest BCUT2D eigenvalue weighted by Gasteiger charge is -2.23. The molecule has 0 aliphatic carbocycles. The number of carboxylic acids is 1. The topological polar surface area (TPSA) is 96.5 Å². The number of tetrazole rings is 1. The number of hydrogen-bond acceptors (Lipinski definition) is 6. The molecule has 3 rings (SSSR count). The molecule has 1 atom stereocenters. The number of anilines is 1. The van der Waals surface area contributed by atoms with E-state index in [9.17, 15) is 9.90 Å². The van der Waals surface area contributed by atoms with Crippen LogP contribution >= 0.6 is 0 Å². The Labute approximate surface area is 109 Å². The van der Waals surface area contributed by atoms with Gasteiger partial charge in [0.25, 0.3) is 0 Å². The SMILES string of the molecule is CCC1(C(=O)O)CCN(c2cncc3nnnn23)C1. The molecule has 0 bridgehead atoms. The molecule has 0 aromatic carbocycles. The van der Waals surface area contributed by atoms with Gasteiger partial charge in [-0.2, -0.15) is 4.52 Å². The molecule has 1 aliphatic rings. The van der Waals surface area contributed by atoms with Gasteiger partial charge >= 0.3 is 5.97 Å². The molecule has 0 saturated carbocycles. The van der Waals surface area contributed by atoms with Crippen LogP contribution in [0.3, 0.4) is 0 Å². The minimum Gasteiger partial charge on any atom is -0.481 e. The van der Waals surface area contributed by atoms with Crippen molar-refractivity contribution in [2.45, 2.75) is 19.8 Å². The summed E-state index contributed by atoms with van der Waals surface area (Å²) in [6, 6.07) is 0. The number of hydrogen-bond donors (Lipinski definition) is 1. The number of fused-ring (bicyclic) bond motifs is 1. The first-order chi connectivity index (χ1) is 9.16. The van der Waals surface area contributed by atoms with Gasteiger partial charge in [-0.15, -0.1) is 5.10 Å².